The number of amides is 2. The van der Waals surface area contributed by atoms with Crippen LogP contribution in [-0.4, -0.2) is 84.0 Å². The number of carbonyl (C=O) groups excluding carboxylic acids is 2. The fourth-order valence-corrected chi connectivity index (χ4v) is 3.43. The molecule has 1 N–H and O–H groups in total. The molecule has 0 aliphatic carbocycles. The summed E-state index contributed by atoms with van der Waals surface area (Å²) in [6.45, 7) is 11.9. The SMILES string of the molecule is CC(C)(C)c1cc(NC(=O)CN2CCN(CC(=O)N3CCCC3)CC2)on1. The van der Waals surface area contributed by atoms with Gasteiger partial charge in [-0.15, -0.1) is 0 Å². The van der Waals surface area contributed by atoms with Crippen molar-refractivity contribution in [2.75, 3.05) is 57.7 Å². The molecule has 8 heteroatoms. The number of aromatic nitrogens is 1. The molecule has 2 amide bonds. The maximum Gasteiger partial charge on any atom is 0.240 e. The summed E-state index contributed by atoms with van der Waals surface area (Å²) in [5.74, 6) is 0.520. The van der Waals surface area contributed by atoms with Crippen LogP contribution in [0.1, 0.15) is 39.3 Å². The van der Waals surface area contributed by atoms with Gasteiger partial charge in [0, 0.05) is 50.7 Å². The quantitative estimate of drug-likeness (QED) is 0.829. The van der Waals surface area contributed by atoms with E-state index in [2.05, 4.69) is 20.3 Å². The molecule has 150 valence electrons. The number of piperazine rings is 1. The molecule has 2 aliphatic heterocycles. The van der Waals surface area contributed by atoms with Crippen LogP contribution in [-0.2, 0) is 15.0 Å². The molecule has 2 saturated heterocycles. The first-order valence-corrected chi connectivity index (χ1v) is 9.81. The highest BCUT2D eigenvalue weighted by Gasteiger charge is 2.25. The summed E-state index contributed by atoms with van der Waals surface area (Å²) >= 11 is 0. The van der Waals surface area contributed by atoms with Crippen LogP contribution in [0.3, 0.4) is 0 Å². The van der Waals surface area contributed by atoms with Gasteiger partial charge in [0.15, 0.2) is 0 Å². The van der Waals surface area contributed by atoms with E-state index in [0.717, 1.165) is 57.8 Å². The van der Waals surface area contributed by atoms with Crippen molar-refractivity contribution in [3.63, 3.8) is 0 Å². The average molecular weight is 377 g/mol. The molecule has 27 heavy (non-hydrogen) atoms. The summed E-state index contributed by atoms with van der Waals surface area (Å²) in [6, 6.07) is 1.78. The first-order valence-electron chi connectivity index (χ1n) is 9.81. The zero-order valence-electron chi connectivity index (χ0n) is 16.7. The molecule has 0 atom stereocenters. The first-order chi connectivity index (χ1) is 12.8. The minimum Gasteiger partial charge on any atom is -0.342 e. The molecule has 0 spiro atoms. The van der Waals surface area contributed by atoms with Crippen molar-refractivity contribution in [3.05, 3.63) is 11.8 Å². The Morgan fingerprint density at radius 1 is 1.04 bits per heavy atom. The molecule has 1 aromatic rings. The van der Waals surface area contributed by atoms with Gasteiger partial charge in [-0.1, -0.05) is 25.9 Å². The van der Waals surface area contributed by atoms with Crippen LogP contribution in [0.25, 0.3) is 0 Å². The van der Waals surface area contributed by atoms with E-state index in [9.17, 15) is 9.59 Å². The minimum absolute atomic E-state index is 0.104. The predicted molar refractivity (Wildman–Crippen MR) is 103 cm³/mol. The second-order valence-electron chi connectivity index (χ2n) is 8.51. The Morgan fingerprint density at radius 2 is 1.63 bits per heavy atom. The molecule has 0 aromatic carbocycles. The van der Waals surface area contributed by atoms with Gasteiger partial charge in [0.2, 0.25) is 17.7 Å². The zero-order valence-corrected chi connectivity index (χ0v) is 16.7. The number of hydrogen-bond donors (Lipinski definition) is 1. The van der Waals surface area contributed by atoms with Crippen LogP contribution in [0.4, 0.5) is 5.88 Å². The number of nitrogens with one attached hydrogen (secondary N) is 1. The fraction of sp³-hybridized carbons (Fsp3) is 0.737. The van der Waals surface area contributed by atoms with Crippen molar-refractivity contribution in [2.45, 2.75) is 39.0 Å². The molecule has 2 aliphatic rings. The number of nitrogens with zero attached hydrogens (tertiary/aromatic N) is 4. The van der Waals surface area contributed by atoms with Crippen LogP contribution in [0.15, 0.2) is 10.6 Å². The van der Waals surface area contributed by atoms with E-state index in [1.807, 2.05) is 25.7 Å². The van der Waals surface area contributed by atoms with Crippen LogP contribution in [0.5, 0.6) is 0 Å². The van der Waals surface area contributed by atoms with Gasteiger partial charge in [-0.2, -0.15) is 0 Å². The van der Waals surface area contributed by atoms with Crippen LogP contribution >= 0.6 is 0 Å². The smallest absolute Gasteiger partial charge is 0.240 e. The normalized spacial score (nSPS) is 19.4. The number of hydrogen-bond acceptors (Lipinski definition) is 6. The minimum atomic E-state index is -0.116. The Bertz CT molecular complexity index is 653. The average Bonchev–Trinajstić information content (AvgIpc) is 3.27. The fourth-order valence-electron chi connectivity index (χ4n) is 3.43. The molecule has 1 aromatic heterocycles. The Balaban J connectivity index is 1.39. The lowest BCUT2D eigenvalue weighted by molar-refractivity contribution is -0.132. The van der Waals surface area contributed by atoms with Crippen LogP contribution in [0, 0.1) is 0 Å². The van der Waals surface area contributed by atoms with Crippen molar-refractivity contribution in [1.29, 1.82) is 0 Å². The highest BCUT2D eigenvalue weighted by atomic mass is 16.5. The van der Waals surface area contributed by atoms with E-state index < -0.39 is 0 Å². The third-order valence-electron chi connectivity index (χ3n) is 5.19. The second-order valence-corrected chi connectivity index (χ2v) is 8.51. The summed E-state index contributed by atoms with van der Waals surface area (Å²) in [7, 11) is 0. The van der Waals surface area contributed by atoms with Gasteiger partial charge >= 0.3 is 0 Å². The molecule has 3 heterocycles. The number of anilines is 1. The van der Waals surface area contributed by atoms with Crippen molar-refractivity contribution in [1.82, 2.24) is 19.9 Å². The van der Waals surface area contributed by atoms with E-state index in [4.69, 9.17) is 4.52 Å². The highest BCUT2D eigenvalue weighted by Crippen LogP contribution is 2.23. The third kappa shape index (κ3) is 5.52. The molecule has 0 unspecified atom stereocenters. The highest BCUT2D eigenvalue weighted by molar-refractivity contribution is 5.91. The Hall–Kier alpha value is -1.93. The van der Waals surface area contributed by atoms with Gasteiger partial charge in [0.05, 0.1) is 18.8 Å². The molecule has 2 fully saturated rings. The first kappa shape index (κ1) is 19.8. The summed E-state index contributed by atoms with van der Waals surface area (Å²) in [6.07, 6.45) is 2.24. The predicted octanol–water partition coefficient (Wildman–Crippen LogP) is 1.15. The van der Waals surface area contributed by atoms with Gasteiger partial charge in [-0.25, -0.2) is 0 Å². The molecule has 0 bridgehead atoms. The third-order valence-corrected chi connectivity index (χ3v) is 5.19. The summed E-state index contributed by atoms with van der Waals surface area (Å²) < 4.78 is 5.21. The summed E-state index contributed by atoms with van der Waals surface area (Å²) in [4.78, 5) is 30.7. The van der Waals surface area contributed by atoms with Crippen LogP contribution < -0.4 is 5.32 Å². The van der Waals surface area contributed by atoms with Crippen molar-refractivity contribution in [3.8, 4) is 0 Å². The van der Waals surface area contributed by atoms with Gasteiger partial charge in [0.25, 0.3) is 0 Å². The van der Waals surface area contributed by atoms with E-state index >= 15 is 0 Å². The Morgan fingerprint density at radius 3 is 2.19 bits per heavy atom. The summed E-state index contributed by atoms with van der Waals surface area (Å²) in [5, 5.41) is 6.79. The van der Waals surface area contributed by atoms with Gasteiger partial charge in [0.1, 0.15) is 0 Å². The largest absolute Gasteiger partial charge is 0.342 e. The maximum atomic E-state index is 12.3. The lowest BCUT2D eigenvalue weighted by Gasteiger charge is -2.34. The molecule has 0 radical (unpaired) electrons. The second kappa shape index (κ2) is 8.39. The maximum absolute atomic E-state index is 12.3. The van der Waals surface area contributed by atoms with Gasteiger partial charge < -0.3 is 9.42 Å². The van der Waals surface area contributed by atoms with Gasteiger partial charge in [-0.3, -0.25) is 24.7 Å². The van der Waals surface area contributed by atoms with Crippen molar-refractivity contribution >= 4 is 17.7 Å². The Labute approximate surface area is 160 Å². The molecular weight excluding hydrogens is 346 g/mol. The topological polar surface area (TPSA) is 81.9 Å². The van der Waals surface area contributed by atoms with Gasteiger partial charge in [-0.05, 0) is 12.8 Å². The van der Waals surface area contributed by atoms with E-state index in [1.165, 1.54) is 0 Å². The zero-order chi connectivity index (χ0) is 19.4. The number of carbonyl (C=O) groups is 2. The standard InChI is InChI=1S/C19H31N5O3/c1-19(2,3)15-12-17(27-21-15)20-16(25)13-22-8-10-23(11-9-22)14-18(26)24-6-4-5-7-24/h12H,4-11,13-14H2,1-3H3,(H,20,25). The summed E-state index contributed by atoms with van der Waals surface area (Å²) in [5.41, 5.74) is 0.698. The van der Waals surface area contributed by atoms with Crippen molar-refractivity contribution in [2.24, 2.45) is 0 Å². The molecule has 0 saturated carbocycles. The molecular formula is C19H31N5O3. The number of rotatable bonds is 5. The van der Waals surface area contributed by atoms with Crippen molar-refractivity contribution < 1.29 is 14.1 Å². The molecule has 8 nitrogen and oxygen atoms in total. The lowest BCUT2D eigenvalue weighted by Crippen LogP contribution is -2.51. The van der Waals surface area contributed by atoms with E-state index in [0.29, 0.717) is 19.0 Å². The van der Waals surface area contributed by atoms with Crippen LogP contribution in [0.2, 0.25) is 0 Å². The lowest BCUT2D eigenvalue weighted by atomic mass is 9.92. The number of likely N-dealkylation sites (tertiary alicyclic amines) is 1. The van der Waals surface area contributed by atoms with E-state index in [-0.39, 0.29) is 17.2 Å². The molecule has 3 rings (SSSR count). The monoisotopic (exact) mass is 377 g/mol. The van der Waals surface area contributed by atoms with E-state index in [1.54, 1.807) is 6.07 Å². The Kier molecular flexibility index (Phi) is 6.16.